The van der Waals surface area contributed by atoms with Gasteiger partial charge in [0.05, 0.1) is 0 Å². The molecule has 6 nitrogen and oxygen atoms in total. The SMILES string of the molecule is O=C(c1ncn[nH]1)N1CCN(C2CC2)CC1. The minimum Gasteiger partial charge on any atom is -0.333 e. The maximum absolute atomic E-state index is 11.9. The summed E-state index contributed by atoms with van der Waals surface area (Å²) in [6.45, 7) is 3.58. The molecule has 2 heterocycles. The Morgan fingerprint density at radius 2 is 2.06 bits per heavy atom. The quantitative estimate of drug-likeness (QED) is 0.746. The van der Waals surface area contributed by atoms with E-state index in [-0.39, 0.29) is 5.91 Å². The lowest BCUT2D eigenvalue weighted by atomic mass is 10.3. The Bertz CT molecular complexity index is 365. The molecule has 1 saturated carbocycles. The number of rotatable bonds is 2. The smallest absolute Gasteiger partial charge is 0.291 e. The zero-order chi connectivity index (χ0) is 11.0. The number of piperazine rings is 1. The molecule has 0 radical (unpaired) electrons. The van der Waals surface area contributed by atoms with Crippen LogP contribution in [0.1, 0.15) is 23.5 Å². The minimum atomic E-state index is -0.0343. The molecule has 0 bridgehead atoms. The fourth-order valence-electron chi connectivity index (χ4n) is 2.19. The molecule has 1 aliphatic heterocycles. The minimum absolute atomic E-state index is 0.0343. The Morgan fingerprint density at radius 3 is 2.62 bits per heavy atom. The third-order valence-corrected chi connectivity index (χ3v) is 3.28. The maximum Gasteiger partial charge on any atom is 0.291 e. The van der Waals surface area contributed by atoms with Crippen LogP contribution in [0.5, 0.6) is 0 Å². The van der Waals surface area contributed by atoms with Gasteiger partial charge in [0.1, 0.15) is 6.33 Å². The lowest BCUT2D eigenvalue weighted by Crippen LogP contribution is -2.49. The van der Waals surface area contributed by atoms with Gasteiger partial charge in [0, 0.05) is 32.2 Å². The molecule has 0 spiro atoms. The number of hydrogen-bond acceptors (Lipinski definition) is 4. The Kier molecular flexibility index (Phi) is 2.36. The Hall–Kier alpha value is -1.43. The highest BCUT2D eigenvalue weighted by Gasteiger charge is 2.32. The molecule has 1 amide bonds. The highest BCUT2D eigenvalue weighted by atomic mass is 16.2. The van der Waals surface area contributed by atoms with E-state index in [4.69, 9.17) is 0 Å². The fraction of sp³-hybridized carbons (Fsp3) is 0.700. The van der Waals surface area contributed by atoms with Gasteiger partial charge in [-0.2, -0.15) is 5.10 Å². The maximum atomic E-state index is 11.9. The van der Waals surface area contributed by atoms with Gasteiger partial charge in [-0.25, -0.2) is 4.98 Å². The standard InChI is InChI=1S/C10H15N5O/c16-10(9-11-7-12-13-9)15-5-3-14(4-6-15)8-1-2-8/h7-8H,1-6H2,(H,11,12,13). The van der Waals surface area contributed by atoms with Crippen LogP contribution in [-0.4, -0.2) is 63.1 Å². The lowest BCUT2D eigenvalue weighted by molar-refractivity contribution is 0.0616. The zero-order valence-corrected chi connectivity index (χ0v) is 9.09. The summed E-state index contributed by atoms with van der Waals surface area (Å²) in [6.07, 6.45) is 4.03. The molecule has 6 heteroatoms. The van der Waals surface area contributed by atoms with Crippen LogP contribution in [-0.2, 0) is 0 Å². The van der Waals surface area contributed by atoms with E-state index in [2.05, 4.69) is 20.1 Å². The van der Waals surface area contributed by atoms with Crippen molar-refractivity contribution >= 4 is 5.91 Å². The van der Waals surface area contributed by atoms with Crippen molar-refractivity contribution in [1.29, 1.82) is 0 Å². The van der Waals surface area contributed by atoms with Crippen molar-refractivity contribution in [2.45, 2.75) is 18.9 Å². The zero-order valence-electron chi connectivity index (χ0n) is 9.09. The normalized spacial score (nSPS) is 22.4. The second kappa shape index (κ2) is 3.86. The van der Waals surface area contributed by atoms with Gasteiger partial charge < -0.3 is 4.90 Å². The van der Waals surface area contributed by atoms with E-state index < -0.39 is 0 Å². The third-order valence-electron chi connectivity index (χ3n) is 3.28. The molecule has 1 aromatic rings. The average Bonchev–Trinajstić information content (AvgIpc) is 3.04. The monoisotopic (exact) mass is 221 g/mol. The van der Waals surface area contributed by atoms with Crippen molar-refractivity contribution in [3.8, 4) is 0 Å². The second-order valence-electron chi connectivity index (χ2n) is 4.39. The van der Waals surface area contributed by atoms with Crippen LogP contribution in [0.15, 0.2) is 6.33 Å². The first-order valence-corrected chi connectivity index (χ1v) is 5.73. The summed E-state index contributed by atoms with van der Waals surface area (Å²) in [5.41, 5.74) is 0. The van der Waals surface area contributed by atoms with Crippen LogP contribution in [0.4, 0.5) is 0 Å². The van der Waals surface area contributed by atoms with E-state index in [1.807, 2.05) is 4.90 Å². The molecular weight excluding hydrogens is 206 g/mol. The molecule has 3 rings (SSSR count). The predicted molar refractivity (Wildman–Crippen MR) is 56.9 cm³/mol. The Balaban J connectivity index is 1.59. The van der Waals surface area contributed by atoms with E-state index in [0.717, 1.165) is 32.2 Å². The molecule has 2 fully saturated rings. The van der Waals surface area contributed by atoms with Gasteiger partial charge >= 0.3 is 0 Å². The van der Waals surface area contributed by atoms with Crippen LogP contribution in [0.2, 0.25) is 0 Å². The molecule has 1 aromatic heterocycles. The van der Waals surface area contributed by atoms with Gasteiger partial charge in [-0.15, -0.1) is 0 Å². The molecule has 86 valence electrons. The molecule has 1 aliphatic carbocycles. The van der Waals surface area contributed by atoms with Crippen molar-refractivity contribution < 1.29 is 4.79 Å². The van der Waals surface area contributed by atoms with Crippen molar-refractivity contribution in [2.24, 2.45) is 0 Å². The first kappa shape index (κ1) is 9.77. The van der Waals surface area contributed by atoms with Crippen LogP contribution in [0.3, 0.4) is 0 Å². The average molecular weight is 221 g/mol. The molecule has 1 saturated heterocycles. The number of aromatic amines is 1. The first-order valence-electron chi connectivity index (χ1n) is 5.73. The van der Waals surface area contributed by atoms with Gasteiger partial charge in [0.15, 0.2) is 0 Å². The molecule has 0 aromatic carbocycles. The highest BCUT2D eigenvalue weighted by Crippen LogP contribution is 2.27. The van der Waals surface area contributed by atoms with Crippen molar-refractivity contribution in [3.63, 3.8) is 0 Å². The van der Waals surface area contributed by atoms with E-state index in [1.54, 1.807) is 0 Å². The van der Waals surface area contributed by atoms with Crippen LogP contribution in [0, 0.1) is 0 Å². The summed E-state index contributed by atoms with van der Waals surface area (Å²) < 4.78 is 0. The number of H-pyrrole nitrogens is 1. The molecule has 0 unspecified atom stereocenters. The summed E-state index contributed by atoms with van der Waals surface area (Å²) in [5.74, 6) is 0.313. The molecule has 1 N–H and O–H groups in total. The van der Waals surface area contributed by atoms with Crippen LogP contribution < -0.4 is 0 Å². The van der Waals surface area contributed by atoms with Gasteiger partial charge in [0.2, 0.25) is 5.82 Å². The van der Waals surface area contributed by atoms with Crippen molar-refractivity contribution in [3.05, 3.63) is 12.2 Å². The van der Waals surface area contributed by atoms with E-state index in [9.17, 15) is 4.79 Å². The van der Waals surface area contributed by atoms with Crippen LogP contribution >= 0.6 is 0 Å². The number of aromatic nitrogens is 3. The largest absolute Gasteiger partial charge is 0.333 e. The number of hydrogen-bond donors (Lipinski definition) is 1. The Morgan fingerprint density at radius 1 is 1.31 bits per heavy atom. The first-order chi connectivity index (χ1) is 7.84. The summed E-state index contributed by atoms with van der Waals surface area (Å²) in [5, 5.41) is 6.31. The fourth-order valence-corrected chi connectivity index (χ4v) is 2.19. The van der Waals surface area contributed by atoms with E-state index in [0.29, 0.717) is 5.82 Å². The number of nitrogens with one attached hydrogen (secondary N) is 1. The highest BCUT2D eigenvalue weighted by molar-refractivity contribution is 5.90. The molecule has 0 atom stereocenters. The Labute approximate surface area is 93.6 Å². The summed E-state index contributed by atoms with van der Waals surface area (Å²) in [6, 6.07) is 0.794. The summed E-state index contributed by atoms with van der Waals surface area (Å²) in [7, 11) is 0. The molecule has 2 aliphatic rings. The lowest BCUT2D eigenvalue weighted by Gasteiger charge is -2.34. The van der Waals surface area contributed by atoms with Gasteiger partial charge in [-0.1, -0.05) is 0 Å². The summed E-state index contributed by atoms with van der Waals surface area (Å²) in [4.78, 5) is 20.1. The van der Waals surface area contributed by atoms with E-state index in [1.165, 1.54) is 19.2 Å². The number of carbonyl (C=O) groups is 1. The van der Waals surface area contributed by atoms with E-state index >= 15 is 0 Å². The van der Waals surface area contributed by atoms with Gasteiger partial charge in [-0.3, -0.25) is 14.8 Å². The number of amides is 1. The van der Waals surface area contributed by atoms with Crippen molar-refractivity contribution in [2.75, 3.05) is 26.2 Å². The number of nitrogens with zero attached hydrogens (tertiary/aromatic N) is 4. The molecular formula is C10H15N5O. The van der Waals surface area contributed by atoms with Crippen LogP contribution in [0.25, 0.3) is 0 Å². The molecule has 16 heavy (non-hydrogen) atoms. The topological polar surface area (TPSA) is 65.1 Å². The van der Waals surface area contributed by atoms with Gasteiger partial charge in [-0.05, 0) is 12.8 Å². The van der Waals surface area contributed by atoms with Gasteiger partial charge in [0.25, 0.3) is 5.91 Å². The number of carbonyl (C=O) groups excluding carboxylic acids is 1. The summed E-state index contributed by atoms with van der Waals surface area (Å²) >= 11 is 0. The van der Waals surface area contributed by atoms with Crippen molar-refractivity contribution in [1.82, 2.24) is 25.0 Å². The predicted octanol–water partition coefficient (Wildman–Crippen LogP) is -0.275. The third kappa shape index (κ3) is 1.80. The second-order valence-corrected chi connectivity index (χ2v) is 4.39.